The van der Waals surface area contributed by atoms with E-state index in [2.05, 4.69) is 0 Å². The van der Waals surface area contributed by atoms with Crippen molar-refractivity contribution in [1.29, 1.82) is 0 Å². The smallest absolute Gasteiger partial charge is 0.135 e. The molecule has 0 aliphatic heterocycles. The number of hydroxylamine groups is 3. The molecule has 4 heteroatoms. The van der Waals surface area contributed by atoms with E-state index in [1.807, 2.05) is 27.7 Å². The van der Waals surface area contributed by atoms with Crippen LogP contribution in [0.4, 0.5) is 0 Å². The molecule has 0 atom stereocenters. The number of rotatable bonds is 6. The molecule has 0 aromatic rings. The van der Waals surface area contributed by atoms with Gasteiger partial charge in [0.15, 0.2) is 6.04 Å². The van der Waals surface area contributed by atoms with Crippen LogP contribution in [0.2, 0.25) is 0 Å². The molecule has 4 nitrogen and oxygen atoms in total. The molecule has 0 rings (SSSR count). The molecule has 0 fully saturated rings. The van der Waals surface area contributed by atoms with Crippen molar-refractivity contribution in [1.82, 2.24) is 0 Å². The van der Waals surface area contributed by atoms with E-state index < -0.39 is 0 Å². The zero-order valence-corrected chi connectivity index (χ0v) is 8.66. The monoisotopic (exact) mass is 178 g/mol. The summed E-state index contributed by atoms with van der Waals surface area (Å²) in [6, 6.07) is 0.120. The van der Waals surface area contributed by atoms with Crippen LogP contribution < -0.4 is 0 Å². The second kappa shape index (κ2) is 5.48. The van der Waals surface area contributed by atoms with Gasteiger partial charge in [-0.3, -0.25) is 0 Å². The van der Waals surface area contributed by atoms with Crippen molar-refractivity contribution in [3.63, 3.8) is 0 Å². The molecule has 0 saturated carbocycles. The molecule has 0 amide bonds. The molecule has 0 aromatic carbocycles. The van der Waals surface area contributed by atoms with E-state index in [0.717, 1.165) is 0 Å². The first-order chi connectivity index (χ1) is 5.63. The van der Waals surface area contributed by atoms with Crippen LogP contribution in [-0.4, -0.2) is 31.3 Å². The summed E-state index contributed by atoms with van der Waals surface area (Å²) < 4.78 is 0. The number of quaternary nitrogens is 1. The van der Waals surface area contributed by atoms with Crippen LogP contribution in [0, 0.1) is 0 Å². The van der Waals surface area contributed by atoms with Crippen molar-refractivity contribution in [2.45, 2.75) is 33.7 Å². The fourth-order valence-electron chi connectivity index (χ4n) is 1.01. The zero-order chi connectivity index (χ0) is 9.61. The van der Waals surface area contributed by atoms with E-state index in [1.165, 1.54) is 0 Å². The quantitative estimate of drug-likeness (QED) is 0.457. The minimum absolute atomic E-state index is 0.120. The molecule has 0 aromatic heterocycles. The molecule has 0 radical (unpaired) electrons. The molecular formula is C8H20NO3+. The Morgan fingerprint density at radius 3 is 1.67 bits per heavy atom. The topological polar surface area (TPSA) is 27.7 Å². The highest BCUT2D eigenvalue weighted by Crippen LogP contribution is 2.15. The van der Waals surface area contributed by atoms with Gasteiger partial charge in [-0.05, 0) is 27.7 Å². The molecule has 0 spiro atoms. The lowest BCUT2D eigenvalue weighted by Gasteiger charge is -2.30. The highest BCUT2D eigenvalue weighted by molar-refractivity contribution is 4.26. The predicted molar refractivity (Wildman–Crippen MR) is 45.7 cm³/mol. The van der Waals surface area contributed by atoms with Crippen LogP contribution in [-0.2, 0) is 14.5 Å². The predicted octanol–water partition coefficient (Wildman–Crippen LogP) is 1.68. The SMILES string of the molecule is CCO[N+](OC)(OCC)C(C)C. The third-order valence-electron chi connectivity index (χ3n) is 1.51. The molecule has 0 unspecified atom stereocenters. The van der Waals surface area contributed by atoms with Gasteiger partial charge in [-0.15, -0.1) is 14.5 Å². The van der Waals surface area contributed by atoms with Crippen molar-refractivity contribution >= 4 is 0 Å². The molecule has 0 heterocycles. The standard InChI is InChI=1S/C8H20NO3/c1-6-11-9(10-5,8(3)4)12-7-2/h8H,6-7H2,1-5H3/q+1. The second-order valence-electron chi connectivity index (χ2n) is 2.65. The molecule has 74 valence electrons. The van der Waals surface area contributed by atoms with E-state index in [0.29, 0.717) is 13.2 Å². The van der Waals surface area contributed by atoms with Gasteiger partial charge >= 0.3 is 0 Å². The van der Waals surface area contributed by atoms with Crippen LogP contribution >= 0.6 is 0 Å². The Morgan fingerprint density at radius 2 is 1.50 bits per heavy atom. The van der Waals surface area contributed by atoms with Crippen LogP contribution in [0.15, 0.2) is 0 Å². The van der Waals surface area contributed by atoms with Gasteiger partial charge in [0.05, 0.1) is 4.97 Å². The lowest BCUT2D eigenvalue weighted by Crippen LogP contribution is -2.51. The molecule has 0 aliphatic carbocycles. The summed E-state index contributed by atoms with van der Waals surface area (Å²) in [7, 11) is 1.57. The van der Waals surface area contributed by atoms with Crippen molar-refractivity contribution in [3.8, 4) is 0 Å². The maximum Gasteiger partial charge on any atom is 0.182 e. The highest BCUT2D eigenvalue weighted by Gasteiger charge is 2.37. The van der Waals surface area contributed by atoms with Gasteiger partial charge in [0.25, 0.3) is 0 Å². The van der Waals surface area contributed by atoms with E-state index >= 15 is 0 Å². The molecule has 0 N–H and O–H groups in total. The zero-order valence-electron chi connectivity index (χ0n) is 8.66. The molecule has 0 aliphatic rings. The van der Waals surface area contributed by atoms with Gasteiger partial charge in [0.1, 0.15) is 20.3 Å². The Labute approximate surface area is 74.5 Å². The largest absolute Gasteiger partial charge is 0.182 e. The van der Waals surface area contributed by atoms with Crippen LogP contribution in [0.1, 0.15) is 27.7 Å². The normalized spacial score (nSPS) is 12.5. The first-order valence-electron chi connectivity index (χ1n) is 4.36. The van der Waals surface area contributed by atoms with Crippen molar-refractivity contribution in [2.24, 2.45) is 0 Å². The molecular weight excluding hydrogens is 158 g/mol. The van der Waals surface area contributed by atoms with E-state index in [9.17, 15) is 0 Å². The van der Waals surface area contributed by atoms with Gasteiger partial charge in [-0.1, -0.05) is 0 Å². The Morgan fingerprint density at radius 1 is 1.08 bits per heavy atom. The van der Waals surface area contributed by atoms with Gasteiger partial charge in [-0.2, -0.15) is 0 Å². The Hall–Kier alpha value is -0.160. The van der Waals surface area contributed by atoms with Gasteiger partial charge in [0.2, 0.25) is 0 Å². The van der Waals surface area contributed by atoms with E-state index in [1.54, 1.807) is 7.11 Å². The molecule has 12 heavy (non-hydrogen) atoms. The third-order valence-corrected chi connectivity index (χ3v) is 1.51. The highest BCUT2D eigenvalue weighted by atomic mass is 17.2. The second-order valence-corrected chi connectivity index (χ2v) is 2.65. The fraction of sp³-hybridized carbons (Fsp3) is 1.00. The lowest BCUT2D eigenvalue weighted by atomic mass is 10.4. The first kappa shape index (κ1) is 11.8. The molecule has 0 bridgehead atoms. The number of hydrogen-bond acceptors (Lipinski definition) is 3. The van der Waals surface area contributed by atoms with Crippen LogP contribution in [0.25, 0.3) is 0 Å². The third kappa shape index (κ3) is 2.71. The fourth-order valence-corrected chi connectivity index (χ4v) is 1.01. The van der Waals surface area contributed by atoms with Gasteiger partial charge < -0.3 is 0 Å². The van der Waals surface area contributed by atoms with Gasteiger partial charge in [0, 0.05) is 0 Å². The van der Waals surface area contributed by atoms with Crippen molar-refractivity contribution in [3.05, 3.63) is 0 Å². The minimum Gasteiger partial charge on any atom is -0.135 e. The van der Waals surface area contributed by atoms with Crippen molar-refractivity contribution in [2.75, 3.05) is 20.3 Å². The Bertz CT molecular complexity index is 111. The average molecular weight is 178 g/mol. The van der Waals surface area contributed by atoms with E-state index in [4.69, 9.17) is 14.5 Å². The number of hydrogen-bond donors (Lipinski definition) is 0. The van der Waals surface area contributed by atoms with Crippen LogP contribution in [0.5, 0.6) is 0 Å². The van der Waals surface area contributed by atoms with Crippen LogP contribution in [0.3, 0.4) is 0 Å². The maximum absolute atomic E-state index is 5.37. The Kier molecular flexibility index (Phi) is 5.41. The maximum atomic E-state index is 5.37. The first-order valence-corrected chi connectivity index (χ1v) is 4.36. The summed E-state index contributed by atoms with van der Waals surface area (Å²) in [5.41, 5.74) is 0. The van der Waals surface area contributed by atoms with Gasteiger partial charge in [-0.25, -0.2) is 0 Å². The van der Waals surface area contributed by atoms with Crippen molar-refractivity contribution < 1.29 is 19.5 Å². The lowest BCUT2D eigenvalue weighted by molar-refractivity contribution is -1.38. The summed E-state index contributed by atoms with van der Waals surface area (Å²) in [6.07, 6.45) is 0. The minimum atomic E-state index is -0.188. The Balaban J connectivity index is 4.28. The summed E-state index contributed by atoms with van der Waals surface area (Å²) in [5, 5.41) is 0. The summed E-state index contributed by atoms with van der Waals surface area (Å²) in [4.78, 5) is 15.7. The summed E-state index contributed by atoms with van der Waals surface area (Å²) in [6.45, 7) is 8.91. The molecule has 0 saturated heterocycles. The van der Waals surface area contributed by atoms with E-state index in [-0.39, 0.29) is 11.0 Å². The number of nitrogens with zero attached hydrogens (tertiary/aromatic N) is 1. The summed E-state index contributed by atoms with van der Waals surface area (Å²) >= 11 is 0. The summed E-state index contributed by atoms with van der Waals surface area (Å²) in [5.74, 6) is 0. The average Bonchev–Trinajstić information content (AvgIpc) is 2.03.